The van der Waals surface area contributed by atoms with Crippen molar-refractivity contribution in [1.29, 1.82) is 0 Å². The number of ketones is 1. The van der Waals surface area contributed by atoms with Crippen LogP contribution in [0.15, 0.2) is 42.5 Å². The lowest BCUT2D eigenvalue weighted by Gasteiger charge is -2.07. The lowest BCUT2D eigenvalue weighted by molar-refractivity contribution is -0.121. The number of aryl methyl sites for hydroxylation is 2. The molecule has 2 aromatic rings. The number of Topliss-reactive ketones (excluding diaryl/α,β-unsaturated/α-hetero) is 1. The lowest BCUT2D eigenvalue weighted by atomic mass is 10.0. The van der Waals surface area contributed by atoms with Crippen LogP contribution in [0, 0.1) is 0 Å². The van der Waals surface area contributed by atoms with Gasteiger partial charge in [-0.1, -0.05) is 35.9 Å². The highest BCUT2D eigenvalue weighted by molar-refractivity contribution is 6.30. The minimum atomic E-state index is -0.0865. The molecule has 0 unspecified atom stereocenters. The number of fused-ring (bicyclic) bond motifs is 1. The van der Waals surface area contributed by atoms with E-state index in [0.717, 1.165) is 30.4 Å². The molecule has 0 heterocycles. The molecule has 2 aromatic carbocycles. The van der Waals surface area contributed by atoms with Crippen LogP contribution in [0.1, 0.15) is 46.3 Å². The van der Waals surface area contributed by atoms with Crippen molar-refractivity contribution >= 4 is 23.3 Å². The zero-order chi connectivity index (χ0) is 17.6. The van der Waals surface area contributed by atoms with Crippen molar-refractivity contribution in [3.8, 4) is 0 Å². The molecule has 0 aliphatic heterocycles. The van der Waals surface area contributed by atoms with Crippen molar-refractivity contribution in [2.24, 2.45) is 0 Å². The molecule has 0 fully saturated rings. The van der Waals surface area contributed by atoms with E-state index < -0.39 is 0 Å². The maximum absolute atomic E-state index is 12.3. The molecule has 0 radical (unpaired) electrons. The normalized spacial score (nSPS) is 12.7. The van der Waals surface area contributed by atoms with Crippen LogP contribution in [0.2, 0.25) is 5.02 Å². The summed E-state index contributed by atoms with van der Waals surface area (Å²) in [6, 6.07) is 13.6. The number of rotatable bonds is 7. The molecule has 0 spiro atoms. The highest BCUT2D eigenvalue weighted by Gasteiger charge is 2.14. The summed E-state index contributed by atoms with van der Waals surface area (Å²) in [4.78, 5) is 24.2. The number of benzene rings is 2. The molecule has 0 saturated heterocycles. The van der Waals surface area contributed by atoms with Gasteiger partial charge >= 0.3 is 0 Å². The largest absolute Gasteiger partial charge is 0.356 e. The molecule has 25 heavy (non-hydrogen) atoms. The van der Waals surface area contributed by atoms with Gasteiger partial charge in [0.2, 0.25) is 5.91 Å². The van der Waals surface area contributed by atoms with Crippen LogP contribution < -0.4 is 5.32 Å². The second kappa shape index (κ2) is 8.30. The quantitative estimate of drug-likeness (QED) is 0.758. The van der Waals surface area contributed by atoms with Crippen LogP contribution in [-0.4, -0.2) is 18.2 Å². The number of amides is 1. The minimum absolute atomic E-state index is 0.0414. The summed E-state index contributed by atoms with van der Waals surface area (Å²) in [5, 5.41) is 3.56. The molecule has 1 aliphatic rings. The Labute approximate surface area is 153 Å². The number of hydrogen-bond donors (Lipinski definition) is 1. The third-order valence-corrected chi connectivity index (χ3v) is 4.86. The van der Waals surface area contributed by atoms with Gasteiger partial charge in [-0.25, -0.2) is 0 Å². The van der Waals surface area contributed by atoms with Gasteiger partial charge in [-0.15, -0.1) is 0 Å². The smallest absolute Gasteiger partial charge is 0.220 e. The van der Waals surface area contributed by atoms with Crippen molar-refractivity contribution in [1.82, 2.24) is 5.32 Å². The molecule has 0 atom stereocenters. The van der Waals surface area contributed by atoms with Crippen molar-refractivity contribution < 1.29 is 9.59 Å². The molecule has 130 valence electrons. The van der Waals surface area contributed by atoms with E-state index >= 15 is 0 Å². The van der Waals surface area contributed by atoms with Crippen LogP contribution in [0.3, 0.4) is 0 Å². The first-order valence-electron chi connectivity index (χ1n) is 8.78. The monoisotopic (exact) mass is 355 g/mol. The SMILES string of the molecule is O=C(CCC(=O)c1ccc2c(c1)CCC2)NCCc1cccc(Cl)c1. The standard InChI is InChI=1S/C21H22ClNO2/c22-19-6-1-3-15(13-19)11-12-23-21(25)10-9-20(24)18-8-7-16-4-2-5-17(16)14-18/h1,3,6-8,13-14H,2,4-5,9-12H2,(H,23,25). The third-order valence-electron chi connectivity index (χ3n) is 4.62. The Balaban J connectivity index is 1.42. The molecule has 0 saturated carbocycles. The van der Waals surface area contributed by atoms with Crippen LogP contribution in [0.5, 0.6) is 0 Å². The number of nitrogens with one attached hydrogen (secondary N) is 1. The number of carbonyl (C=O) groups is 2. The second-order valence-corrected chi connectivity index (χ2v) is 6.93. The Morgan fingerprint density at radius 1 is 1.00 bits per heavy atom. The Bertz CT molecular complexity index is 785. The van der Waals surface area contributed by atoms with Crippen LogP contribution in [0.4, 0.5) is 0 Å². The van der Waals surface area contributed by atoms with Crippen LogP contribution in [0.25, 0.3) is 0 Å². The molecule has 1 N–H and O–H groups in total. The van der Waals surface area contributed by atoms with Gasteiger partial charge in [-0.2, -0.15) is 0 Å². The maximum atomic E-state index is 12.3. The van der Waals surface area contributed by atoms with E-state index in [4.69, 9.17) is 11.6 Å². The van der Waals surface area contributed by atoms with E-state index in [1.807, 2.05) is 36.4 Å². The van der Waals surface area contributed by atoms with Gasteiger partial charge in [0.25, 0.3) is 0 Å². The van der Waals surface area contributed by atoms with Crippen LogP contribution in [-0.2, 0) is 24.1 Å². The van der Waals surface area contributed by atoms with Crippen LogP contribution >= 0.6 is 11.6 Å². The molecular formula is C21H22ClNO2. The molecular weight excluding hydrogens is 334 g/mol. The Morgan fingerprint density at radius 2 is 1.84 bits per heavy atom. The molecule has 0 aromatic heterocycles. The summed E-state index contributed by atoms with van der Waals surface area (Å²) in [5.74, 6) is -0.0452. The first-order valence-corrected chi connectivity index (χ1v) is 9.16. The predicted octanol–water partition coefficient (Wildman–Crippen LogP) is 4.15. The molecule has 3 rings (SSSR count). The van der Waals surface area contributed by atoms with Gasteiger partial charge in [0.15, 0.2) is 5.78 Å². The summed E-state index contributed by atoms with van der Waals surface area (Å²) in [7, 11) is 0. The van der Waals surface area contributed by atoms with E-state index in [9.17, 15) is 9.59 Å². The highest BCUT2D eigenvalue weighted by Crippen LogP contribution is 2.23. The number of halogens is 1. The van der Waals surface area contributed by atoms with Gasteiger partial charge in [0.05, 0.1) is 0 Å². The lowest BCUT2D eigenvalue weighted by Crippen LogP contribution is -2.26. The zero-order valence-electron chi connectivity index (χ0n) is 14.2. The van der Waals surface area contributed by atoms with Gasteiger partial charge in [-0.3, -0.25) is 9.59 Å². The maximum Gasteiger partial charge on any atom is 0.220 e. The summed E-state index contributed by atoms with van der Waals surface area (Å²) in [6.45, 7) is 0.548. The number of carbonyl (C=O) groups excluding carboxylic acids is 2. The first kappa shape index (κ1) is 17.7. The Morgan fingerprint density at radius 3 is 2.68 bits per heavy atom. The van der Waals surface area contributed by atoms with Gasteiger partial charge < -0.3 is 5.32 Å². The highest BCUT2D eigenvalue weighted by atomic mass is 35.5. The molecule has 1 aliphatic carbocycles. The summed E-state index contributed by atoms with van der Waals surface area (Å²) in [6.07, 6.45) is 4.54. The third kappa shape index (κ3) is 4.93. The van der Waals surface area contributed by atoms with E-state index in [1.165, 1.54) is 17.5 Å². The van der Waals surface area contributed by atoms with Gasteiger partial charge in [0.1, 0.15) is 0 Å². The van der Waals surface area contributed by atoms with E-state index in [0.29, 0.717) is 11.6 Å². The summed E-state index contributed by atoms with van der Waals surface area (Å²) >= 11 is 5.94. The zero-order valence-corrected chi connectivity index (χ0v) is 14.9. The topological polar surface area (TPSA) is 46.2 Å². The van der Waals surface area contributed by atoms with Crippen molar-refractivity contribution in [3.05, 3.63) is 69.7 Å². The van der Waals surface area contributed by atoms with E-state index in [2.05, 4.69) is 11.4 Å². The van der Waals surface area contributed by atoms with Crippen molar-refractivity contribution in [2.45, 2.75) is 38.5 Å². The van der Waals surface area contributed by atoms with Gasteiger partial charge in [0, 0.05) is 30.0 Å². The summed E-state index contributed by atoms with van der Waals surface area (Å²) < 4.78 is 0. The minimum Gasteiger partial charge on any atom is -0.356 e. The van der Waals surface area contributed by atoms with E-state index in [1.54, 1.807) is 0 Å². The Kier molecular flexibility index (Phi) is 5.87. The predicted molar refractivity (Wildman–Crippen MR) is 100 cm³/mol. The van der Waals surface area contributed by atoms with E-state index in [-0.39, 0.29) is 24.5 Å². The average Bonchev–Trinajstić information content (AvgIpc) is 3.07. The van der Waals surface area contributed by atoms with Crippen molar-refractivity contribution in [2.75, 3.05) is 6.54 Å². The number of hydrogen-bond acceptors (Lipinski definition) is 2. The second-order valence-electron chi connectivity index (χ2n) is 6.49. The summed E-state index contributed by atoms with van der Waals surface area (Å²) in [5.41, 5.74) is 4.46. The fourth-order valence-electron chi connectivity index (χ4n) is 3.24. The fourth-order valence-corrected chi connectivity index (χ4v) is 3.46. The average molecular weight is 356 g/mol. The molecule has 1 amide bonds. The fraction of sp³-hybridized carbons (Fsp3) is 0.333. The molecule has 0 bridgehead atoms. The van der Waals surface area contributed by atoms with Crippen molar-refractivity contribution in [3.63, 3.8) is 0 Å². The Hall–Kier alpha value is -2.13. The molecule has 4 heteroatoms. The first-order chi connectivity index (χ1) is 12.1. The van der Waals surface area contributed by atoms with Gasteiger partial charge in [-0.05, 0) is 60.6 Å². The molecule has 3 nitrogen and oxygen atoms in total.